The van der Waals surface area contributed by atoms with Crippen molar-refractivity contribution in [1.82, 2.24) is 10.2 Å². The quantitative estimate of drug-likeness (QED) is 0.909. The summed E-state index contributed by atoms with van der Waals surface area (Å²) < 4.78 is 0. The van der Waals surface area contributed by atoms with Crippen LogP contribution in [0.5, 0.6) is 0 Å². The molecule has 1 aliphatic heterocycles. The molecule has 4 nitrogen and oxygen atoms in total. The number of hydrogen-bond donors (Lipinski definition) is 1. The van der Waals surface area contributed by atoms with Crippen LogP contribution in [0.25, 0.3) is 0 Å². The van der Waals surface area contributed by atoms with E-state index in [2.05, 4.69) is 5.32 Å². The maximum Gasteiger partial charge on any atom is 0.249 e. The summed E-state index contributed by atoms with van der Waals surface area (Å²) >= 11 is 0. The molecule has 1 aromatic rings. The van der Waals surface area contributed by atoms with E-state index in [4.69, 9.17) is 0 Å². The number of benzene rings is 1. The van der Waals surface area contributed by atoms with E-state index in [1.807, 2.05) is 35.2 Å². The fourth-order valence-electron chi connectivity index (χ4n) is 2.66. The first-order chi connectivity index (χ1) is 9.75. The molecule has 1 N–H and O–H groups in total. The number of carbonyl (C=O) groups excluding carboxylic acids is 2. The van der Waals surface area contributed by atoms with Gasteiger partial charge in [0.15, 0.2) is 0 Å². The van der Waals surface area contributed by atoms with Crippen LogP contribution in [0.3, 0.4) is 0 Å². The van der Waals surface area contributed by atoms with E-state index in [-0.39, 0.29) is 17.7 Å². The number of rotatable bonds is 4. The summed E-state index contributed by atoms with van der Waals surface area (Å²) in [6, 6.07) is 9.02. The van der Waals surface area contributed by atoms with Crippen molar-refractivity contribution in [1.29, 1.82) is 0 Å². The maximum absolute atomic E-state index is 12.6. The van der Waals surface area contributed by atoms with Crippen molar-refractivity contribution in [2.75, 3.05) is 13.1 Å². The van der Waals surface area contributed by atoms with Crippen LogP contribution in [0.4, 0.5) is 0 Å². The molecule has 20 heavy (non-hydrogen) atoms. The Kier molecular flexibility index (Phi) is 3.72. The highest BCUT2D eigenvalue weighted by Gasteiger charge is 2.34. The smallest absolute Gasteiger partial charge is 0.249 e. The topological polar surface area (TPSA) is 49.4 Å². The first-order valence-electron chi connectivity index (χ1n) is 7.40. The van der Waals surface area contributed by atoms with Gasteiger partial charge in [0, 0.05) is 19.0 Å². The maximum atomic E-state index is 12.6. The lowest BCUT2D eigenvalue weighted by molar-refractivity contribution is -0.136. The lowest BCUT2D eigenvalue weighted by atomic mass is 10.1. The van der Waals surface area contributed by atoms with Gasteiger partial charge < -0.3 is 10.2 Å². The van der Waals surface area contributed by atoms with E-state index >= 15 is 0 Å². The van der Waals surface area contributed by atoms with Gasteiger partial charge >= 0.3 is 0 Å². The van der Waals surface area contributed by atoms with Crippen LogP contribution in [0.15, 0.2) is 30.3 Å². The Balaban J connectivity index is 1.78. The summed E-state index contributed by atoms with van der Waals surface area (Å²) in [5.41, 5.74) is 0.874. The molecule has 0 spiro atoms. The Hall–Kier alpha value is -1.84. The van der Waals surface area contributed by atoms with Crippen molar-refractivity contribution < 1.29 is 9.59 Å². The molecule has 1 aliphatic carbocycles. The largest absolute Gasteiger partial charge is 0.341 e. The molecule has 1 heterocycles. The van der Waals surface area contributed by atoms with Gasteiger partial charge in [-0.15, -0.1) is 0 Å². The minimum Gasteiger partial charge on any atom is -0.341 e. The molecule has 0 radical (unpaired) electrons. The number of carbonyl (C=O) groups is 2. The van der Waals surface area contributed by atoms with Crippen LogP contribution in [-0.2, 0) is 9.59 Å². The molecule has 0 bridgehead atoms. The summed E-state index contributed by atoms with van der Waals surface area (Å²) in [5, 5.41) is 2.94. The lowest BCUT2D eigenvalue weighted by Crippen LogP contribution is -2.42. The molecule has 1 saturated heterocycles. The Morgan fingerprint density at radius 1 is 1.10 bits per heavy atom. The molecule has 2 aliphatic rings. The second-order valence-electron chi connectivity index (χ2n) is 5.66. The molecule has 1 saturated carbocycles. The van der Waals surface area contributed by atoms with Crippen LogP contribution in [0.1, 0.15) is 37.3 Å². The Morgan fingerprint density at radius 3 is 2.35 bits per heavy atom. The summed E-state index contributed by atoms with van der Waals surface area (Å²) in [6.45, 7) is 1.61. The van der Waals surface area contributed by atoms with Gasteiger partial charge in [0.05, 0.1) is 0 Å². The minimum atomic E-state index is -0.526. The number of nitrogens with zero attached hydrogens (tertiary/aromatic N) is 1. The van der Waals surface area contributed by atoms with E-state index in [1.54, 1.807) is 0 Å². The second kappa shape index (κ2) is 5.65. The summed E-state index contributed by atoms with van der Waals surface area (Å²) in [5.74, 6) is 0.168. The second-order valence-corrected chi connectivity index (χ2v) is 5.66. The average molecular weight is 272 g/mol. The molecular formula is C16H20N2O2. The van der Waals surface area contributed by atoms with Gasteiger partial charge in [-0.2, -0.15) is 0 Å². The SMILES string of the molecule is O=C(N[C@@H](C(=O)N1CCCC1)c1ccccc1)C1CC1. The molecule has 106 valence electrons. The van der Waals surface area contributed by atoms with Crippen molar-refractivity contribution in [3.8, 4) is 0 Å². The number of likely N-dealkylation sites (tertiary alicyclic amines) is 1. The number of amides is 2. The van der Waals surface area contributed by atoms with Crippen molar-refractivity contribution >= 4 is 11.8 Å². The third-order valence-corrected chi connectivity index (χ3v) is 4.03. The summed E-state index contributed by atoms with van der Waals surface area (Å²) in [6.07, 6.45) is 4.02. The van der Waals surface area contributed by atoms with E-state index in [9.17, 15) is 9.59 Å². The van der Waals surface area contributed by atoms with Gasteiger partial charge in [-0.1, -0.05) is 30.3 Å². The highest BCUT2D eigenvalue weighted by molar-refractivity contribution is 5.90. The average Bonchev–Trinajstić information content (AvgIpc) is 3.20. The minimum absolute atomic E-state index is 0.0198. The highest BCUT2D eigenvalue weighted by atomic mass is 16.2. The molecule has 0 unspecified atom stereocenters. The fraction of sp³-hybridized carbons (Fsp3) is 0.500. The normalized spacial score (nSPS) is 19.7. The lowest BCUT2D eigenvalue weighted by Gasteiger charge is -2.24. The Bertz CT molecular complexity index is 490. The zero-order valence-corrected chi connectivity index (χ0v) is 11.5. The van der Waals surface area contributed by atoms with Gasteiger partial charge in [-0.3, -0.25) is 9.59 Å². The van der Waals surface area contributed by atoms with Crippen LogP contribution in [0, 0.1) is 5.92 Å². The summed E-state index contributed by atoms with van der Waals surface area (Å²) in [4.78, 5) is 26.5. The van der Waals surface area contributed by atoms with Crippen molar-refractivity contribution in [3.05, 3.63) is 35.9 Å². The first-order valence-corrected chi connectivity index (χ1v) is 7.40. The van der Waals surface area contributed by atoms with E-state index in [1.165, 1.54) is 0 Å². The monoisotopic (exact) mass is 272 g/mol. The van der Waals surface area contributed by atoms with E-state index in [0.717, 1.165) is 44.3 Å². The van der Waals surface area contributed by atoms with Gasteiger partial charge in [-0.05, 0) is 31.2 Å². The van der Waals surface area contributed by atoms with E-state index in [0.29, 0.717) is 0 Å². The predicted molar refractivity (Wildman–Crippen MR) is 75.9 cm³/mol. The number of hydrogen-bond acceptors (Lipinski definition) is 2. The van der Waals surface area contributed by atoms with Crippen molar-refractivity contribution in [2.24, 2.45) is 5.92 Å². The van der Waals surface area contributed by atoms with Gasteiger partial charge in [0.1, 0.15) is 6.04 Å². The number of nitrogens with one attached hydrogen (secondary N) is 1. The van der Waals surface area contributed by atoms with Crippen molar-refractivity contribution in [2.45, 2.75) is 31.7 Å². The molecule has 1 aromatic carbocycles. The zero-order chi connectivity index (χ0) is 13.9. The van der Waals surface area contributed by atoms with Gasteiger partial charge in [0.25, 0.3) is 0 Å². The summed E-state index contributed by atoms with van der Waals surface area (Å²) in [7, 11) is 0. The third-order valence-electron chi connectivity index (χ3n) is 4.03. The third kappa shape index (κ3) is 2.84. The Labute approximate surface area is 119 Å². The van der Waals surface area contributed by atoms with E-state index < -0.39 is 6.04 Å². The molecule has 0 aromatic heterocycles. The van der Waals surface area contributed by atoms with Crippen LogP contribution < -0.4 is 5.32 Å². The van der Waals surface area contributed by atoms with Gasteiger partial charge in [0.2, 0.25) is 11.8 Å². The highest BCUT2D eigenvalue weighted by Crippen LogP contribution is 2.30. The van der Waals surface area contributed by atoms with Crippen LogP contribution >= 0.6 is 0 Å². The Morgan fingerprint density at radius 2 is 1.75 bits per heavy atom. The molecule has 3 rings (SSSR count). The van der Waals surface area contributed by atoms with Gasteiger partial charge in [-0.25, -0.2) is 0 Å². The molecular weight excluding hydrogens is 252 g/mol. The molecule has 1 atom stereocenters. The fourth-order valence-corrected chi connectivity index (χ4v) is 2.66. The van der Waals surface area contributed by atoms with Crippen LogP contribution in [0.2, 0.25) is 0 Å². The first kappa shape index (κ1) is 13.2. The van der Waals surface area contributed by atoms with Crippen LogP contribution in [-0.4, -0.2) is 29.8 Å². The molecule has 2 amide bonds. The predicted octanol–water partition coefficient (Wildman–Crippen LogP) is 1.88. The standard InChI is InChI=1S/C16H20N2O2/c19-15(13-8-9-13)17-14(12-6-2-1-3-7-12)16(20)18-10-4-5-11-18/h1-3,6-7,13-14H,4-5,8-11H2,(H,17,19)/t14-/m1/s1. The van der Waals surface area contributed by atoms with Crippen molar-refractivity contribution in [3.63, 3.8) is 0 Å². The molecule has 4 heteroatoms. The molecule has 2 fully saturated rings. The zero-order valence-electron chi connectivity index (χ0n) is 11.5.